The van der Waals surface area contributed by atoms with E-state index < -0.39 is 0 Å². The van der Waals surface area contributed by atoms with Crippen molar-refractivity contribution < 1.29 is 5.11 Å². The summed E-state index contributed by atoms with van der Waals surface area (Å²) in [6.45, 7) is 1.78. The Hall–Kier alpha value is -1.84. The van der Waals surface area contributed by atoms with Crippen LogP contribution in [0.25, 0.3) is 10.9 Å². The molecule has 0 fully saturated rings. The Labute approximate surface area is 73.9 Å². The van der Waals surface area contributed by atoms with Crippen LogP contribution >= 0.6 is 0 Å². The van der Waals surface area contributed by atoms with Crippen LogP contribution in [-0.2, 0) is 0 Å². The Morgan fingerprint density at radius 2 is 2.23 bits per heavy atom. The predicted octanol–water partition coefficient (Wildman–Crippen LogP) is 0.937. The highest BCUT2D eigenvalue weighted by Gasteiger charge is 2.02. The lowest BCUT2D eigenvalue weighted by atomic mass is 10.1. The maximum absolute atomic E-state index is 10.9. The largest absolute Gasteiger partial charge is 0.508 e. The molecule has 4 nitrogen and oxygen atoms in total. The number of hydrogen-bond acceptors (Lipinski definition) is 3. The Kier molecular flexibility index (Phi) is 1.55. The number of phenolic OH excluding ortho intramolecular Hbond substituents is 1. The molecule has 0 aliphatic rings. The second-order valence-electron chi connectivity index (χ2n) is 2.86. The third kappa shape index (κ3) is 1.16. The van der Waals surface area contributed by atoms with Crippen LogP contribution in [0.15, 0.2) is 23.1 Å². The van der Waals surface area contributed by atoms with E-state index in [4.69, 9.17) is 0 Å². The Morgan fingerprint density at radius 1 is 1.46 bits per heavy atom. The molecule has 0 saturated carbocycles. The number of nitrogens with one attached hydrogen (secondary N) is 1. The molecule has 4 heteroatoms. The van der Waals surface area contributed by atoms with E-state index in [1.54, 1.807) is 19.1 Å². The highest BCUT2D eigenvalue weighted by Crippen LogP contribution is 2.22. The lowest BCUT2D eigenvalue weighted by Gasteiger charge is -2.02. The Morgan fingerprint density at radius 3 is 3.00 bits per heavy atom. The summed E-state index contributed by atoms with van der Waals surface area (Å²) in [5.74, 6) is 0.210. The molecule has 2 rings (SSSR count). The van der Waals surface area contributed by atoms with E-state index in [1.807, 2.05) is 0 Å². The van der Waals surface area contributed by atoms with Gasteiger partial charge < -0.3 is 10.1 Å². The Balaban J connectivity index is 2.95. The van der Waals surface area contributed by atoms with Crippen molar-refractivity contribution in [3.63, 3.8) is 0 Å². The van der Waals surface area contributed by atoms with E-state index in [-0.39, 0.29) is 11.4 Å². The maximum atomic E-state index is 10.9. The van der Waals surface area contributed by atoms with Gasteiger partial charge in [-0.15, -0.1) is 0 Å². The zero-order chi connectivity index (χ0) is 9.42. The minimum Gasteiger partial charge on any atom is -0.508 e. The monoisotopic (exact) mass is 176 g/mol. The third-order valence-corrected chi connectivity index (χ3v) is 2.04. The van der Waals surface area contributed by atoms with Crippen LogP contribution in [0.1, 0.15) is 5.56 Å². The lowest BCUT2D eigenvalue weighted by Crippen LogP contribution is -2.08. The normalized spacial score (nSPS) is 10.5. The number of aryl methyl sites for hydroxylation is 1. The van der Waals surface area contributed by atoms with E-state index in [0.717, 1.165) is 10.9 Å². The lowest BCUT2D eigenvalue weighted by molar-refractivity contribution is 0.472. The van der Waals surface area contributed by atoms with E-state index in [1.165, 1.54) is 6.20 Å². The molecule has 0 aliphatic heterocycles. The average Bonchev–Trinajstić information content (AvgIpc) is 2.12. The summed E-state index contributed by atoms with van der Waals surface area (Å²) >= 11 is 0. The summed E-state index contributed by atoms with van der Waals surface area (Å²) < 4.78 is 0. The molecule has 2 N–H and O–H groups in total. The zero-order valence-corrected chi connectivity index (χ0v) is 7.03. The number of benzene rings is 1. The molecule has 0 atom stereocenters. The average molecular weight is 176 g/mol. The van der Waals surface area contributed by atoms with Gasteiger partial charge in [0.15, 0.2) is 0 Å². The van der Waals surface area contributed by atoms with Crippen molar-refractivity contribution >= 4 is 10.9 Å². The van der Waals surface area contributed by atoms with Crippen molar-refractivity contribution in [3.05, 3.63) is 34.4 Å². The van der Waals surface area contributed by atoms with Crippen molar-refractivity contribution in [1.29, 1.82) is 0 Å². The van der Waals surface area contributed by atoms with Gasteiger partial charge in [0.25, 0.3) is 0 Å². The predicted molar refractivity (Wildman–Crippen MR) is 48.8 cm³/mol. The molecule has 0 radical (unpaired) electrons. The molecule has 0 amide bonds. The smallest absolute Gasteiger partial charge is 0.345 e. The summed E-state index contributed by atoms with van der Waals surface area (Å²) in [6.07, 6.45) is 1.46. The van der Waals surface area contributed by atoms with Gasteiger partial charge in [0.1, 0.15) is 5.75 Å². The first-order valence-electron chi connectivity index (χ1n) is 3.86. The quantitative estimate of drug-likeness (QED) is 0.627. The topological polar surface area (TPSA) is 66.0 Å². The van der Waals surface area contributed by atoms with Crippen molar-refractivity contribution in [2.45, 2.75) is 6.92 Å². The van der Waals surface area contributed by atoms with Crippen molar-refractivity contribution in [2.75, 3.05) is 0 Å². The second kappa shape index (κ2) is 2.58. The van der Waals surface area contributed by atoms with Gasteiger partial charge in [-0.05, 0) is 19.1 Å². The minimum absolute atomic E-state index is 0.210. The van der Waals surface area contributed by atoms with E-state index in [0.29, 0.717) is 5.52 Å². The van der Waals surface area contributed by atoms with E-state index in [2.05, 4.69) is 9.97 Å². The minimum atomic E-state index is -0.377. The standard InChI is InChI=1S/C9H8N2O2/c1-5-6-4-10-9(13)11-7(6)2-3-8(5)12/h2-4,12H,1H3,(H,10,11,13). The first-order valence-corrected chi connectivity index (χ1v) is 3.86. The van der Waals surface area contributed by atoms with Crippen molar-refractivity contribution in [2.24, 2.45) is 0 Å². The van der Waals surface area contributed by atoms with Gasteiger partial charge in [0, 0.05) is 17.1 Å². The van der Waals surface area contributed by atoms with Gasteiger partial charge in [-0.2, -0.15) is 0 Å². The highest BCUT2D eigenvalue weighted by molar-refractivity contribution is 5.83. The summed E-state index contributed by atoms with van der Waals surface area (Å²) in [5.41, 5.74) is 1.04. The number of phenols is 1. The maximum Gasteiger partial charge on any atom is 0.345 e. The molecule has 0 bridgehead atoms. The number of aromatic nitrogens is 2. The fraction of sp³-hybridized carbons (Fsp3) is 0.111. The van der Waals surface area contributed by atoms with Gasteiger partial charge in [0.05, 0.1) is 5.52 Å². The van der Waals surface area contributed by atoms with Crippen LogP contribution in [0.4, 0.5) is 0 Å². The molecule has 0 spiro atoms. The van der Waals surface area contributed by atoms with Crippen molar-refractivity contribution in [3.8, 4) is 5.75 Å². The first kappa shape index (κ1) is 7.79. The number of hydrogen-bond donors (Lipinski definition) is 2. The molecule has 0 unspecified atom stereocenters. The van der Waals surface area contributed by atoms with Crippen LogP contribution in [0.3, 0.4) is 0 Å². The van der Waals surface area contributed by atoms with Crippen LogP contribution in [0, 0.1) is 6.92 Å². The fourth-order valence-corrected chi connectivity index (χ4v) is 1.26. The van der Waals surface area contributed by atoms with E-state index >= 15 is 0 Å². The SMILES string of the molecule is Cc1c(O)ccc2[nH]c(=O)ncc12. The molecule has 66 valence electrons. The van der Waals surface area contributed by atoms with Crippen LogP contribution in [0.2, 0.25) is 0 Å². The van der Waals surface area contributed by atoms with Crippen LogP contribution < -0.4 is 5.69 Å². The molecule has 2 aromatic rings. The summed E-state index contributed by atoms with van der Waals surface area (Å²) in [7, 11) is 0. The van der Waals surface area contributed by atoms with Gasteiger partial charge in [-0.1, -0.05) is 0 Å². The molecular weight excluding hydrogens is 168 g/mol. The zero-order valence-electron chi connectivity index (χ0n) is 7.03. The van der Waals surface area contributed by atoms with Crippen LogP contribution in [-0.4, -0.2) is 15.1 Å². The molecule has 0 saturated heterocycles. The Bertz CT molecular complexity index is 516. The number of H-pyrrole nitrogens is 1. The van der Waals surface area contributed by atoms with Gasteiger partial charge >= 0.3 is 5.69 Å². The number of nitrogens with zero attached hydrogens (tertiary/aromatic N) is 1. The molecule has 0 aliphatic carbocycles. The molecular formula is C9H8N2O2. The number of fused-ring (bicyclic) bond motifs is 1. The van der Waals surface area contributed by atoms with Gasteiger partial charge in [-0.3, -0.25) is 0 Å². The number of aromatic hydroxyl groups is 1. The van der Waals surface area contributed by atoms with Crippen LogP contribution in [0.5, 0.6) is 5.75 Å². The molecule has 1 aromatic heterocycles. The first-order chi connectivity index (χ1) is 6.18. The molecule has 13 heavy (non-hydrogen) atoms. The third-order valence-electron chi connectivity index (χ3n) is 2.04. The number of rotatable bonds is 0. The summed E-state index contributed by atoms with van der Waals surface area (Å²) in [5, 5.41) is 10.1. The number of aromatic amines is 1. The molecule has 1 heterocycles. The second-order valence-corrected chi connectivity index (χ2v) is 2.86. The van der Waals surface area contributed by atoms with Crippen molar-refractivity contribution in [1.82, 2.24) is 9.97 Å². The fourth-order valence-electron chi connectivity index (χ4n) is 1.26. The van der Waals surface area contributed by atoms with E-state index in [9.17, 15) is 9.90 Å². The van der Waals surface area contributed by atoms with Gasteiger partial charge in [0.2, 0.25) is 0 Å². The summed E-state index contributed by atoms with van der Waals surface area (Å²) in [6, 6.07) is 3.20. The molecule has 1 aromatic carbocycles. The van der Waals surface area contributed by atoms with Gasteiger partial charge in [-0.25, -0.2) is 9.78 Å². The summed E-state index contributed by atoms with van der Waals surface area (Å²) in [4.78, 5) is 17.0. The highest BCUT2D eigenvalue weighted by atomic mass is 16.3.